The third-order valence-corrected chi connectivity index (χ3v) is 8.78. The van der Waals surface area contributed by atoms with Gasteiger partial charge < -0.3 is 36.8 Å². The van der Waals surface area contributed by atoms with Crippen LogP contribution in [0.25, 0.3) is 0 Å². The van der Waals surface area contributed by atoms with E-state index >= 15 is 0 Å². The average molecular weight is 723 g/mol. The Morgan fingerprint density at radius 2 is 1.61 bits per heavy atom. The molecule has 14 heteroatoms. The Labute approximate surface area is 301 Å². The summed E-state index contributed by atoms with van der Waals surface area (Å²) < 4.78 is 12.4. The standard InChI is InChI=1S/C35H51N5O7S.ClH/c1-22-18-30(41)24(3)23(2)26(22)20-27(36)33(44)40-28(15-17-48-5)34(45)38-21-31(42)39-29(19-25-12-8-6-9-13-25)35(46)37-16-11-7-10-14-32(43)47-4;/h6,8-9,12-13,18,27-29,41H,7,10-11,14-17,19-21,36H2,1-5H3,(H,37,46)(H,38,45)(H,39,42)(H,40,44);1H/t27-,28-,29-;/m0./s1/i/hD. The number of rotatable bonds is 21. The van der Waals surface area contributed by atoms with Gasteiger partial charge in [-0.3, -0.25) is 24.0 Å². The van der Waals surface area contributed by atoms with Crippen molar-refractivity contribution in [3.8, 4) is 5.75 Å². The van der Waals surface area contributed by atoms with Crippen molar-refractivity contribution in [2.45, 2.75) is 83.8 Å². The van der Waals surface area contributed by atoms with Gasteiger partial charge in [0.15, 0.2) is 0 Å². The van der Waals surface area contributed by atoms with Crippen molar-refractivity contribution in [3.05, 3.63) is 64.2 Å². The van der Waals surface area contributed by atoms with Crippen molar-refractivity contribution in [1.29, 1.82) is 0 Å². The quantitative estimate of drug-likeness (QED) is 0.0831. The maximum atomic E-state index is 13.3. The predicted molar refractivity (Wildman–Crippen MR) is 195 cm³/mol. The molecule has 2 aromatic carbocycles. The molecule has 0 aliphatic carbocycles. The number of aromatic hydroxyl groups is 1. The molecule has 2 aromatic rings. The Morgan fingerprint density at radius 3 is 2.27 bits per heavy atom. The van der Waals surface area contributed by atoms with E-state index in [9.17, 15) is 29.1 Å². The minimum absolute atomic E-state index is 0. The molecule has 272 valence electrons. The van der Waals surface area contributed by atoms with Crippen molar-refractivity contribution < 1.29 is 35.2 Å². The zero-order chi connectivity index (χ0) is 36.3. The largest absolute Gasteiger partial charge is 0.508 e. The maximum Gasteiger partial charge on any atom is 0.305 e. The molecule has 0 bridgehead atoms. The van der Waals surface area contributed by atoms with E-state index in [0.29, 0.717) is 43.5 Å². The van der Waals surface area contributed by atoms with Gasteiger partial charge in [-0.25, -0.2) is 0 Å². The molecule has 0 spiro atoms. The summed E-state index contributed by atoms with van der Waals surface area (Å²) in [4.78, 5) is 63.9. The number of unbranched alkanes of at least 4 members (excludes halogenated alkanes) is 2. The summed E-state index contributed by atoms with van der Waals surface area (Å²) in [5.74, 6) is -1.62. The molecule has 4 amide bonds. The molecule has 0 aliphatic rings. The monoisotopic (exact) mass is 722 g/mol. The molecule has 0 aromatic heterocycles. The van der Waals surface area contributed by atoms with E-state index in [0.717, 1.165) is 28.7 Å². The molecule has 0 saturated carbocycles. The molecule has 49 heavy (non-hydrogen) atoms. The van der Waals surface area contributed by atoms with Gasteiger partial charge >= 0.3 is 5.97 Å². The highest BCUT2D eigenvalue weighted by Crippen LogP contribution is 2.27. The number of amides is 4. The van der Waals surface area contributed by atoms with E-state index < -0.39 is 42.4 Å². The molecule has 7 N–H and O–H groups in total. The van der Waals surface area contributed by atoms with Gasteiger partial charge in [-0.05, 0) is 92.3 Å². The summed E-state index contributed by atoms with van der Waals surface area (Å²) in [6, 6.07) is 8.03. The number of nitrogens with one attached hydrogen (secondary N) is 4. The van der Waals surface area contributed by atoms with Crippen LogP contribution in [0.3, 0.4) is 0 Å². The number of phenols is 1. The van der Waals surface area contributed by atoms with E-state index in [1.165, 1.54) is 18.9 Å². The second kappa shape index (κ2) is 22.8. The number of carbonyl (C=O) groups excluding carboxylic acids is 5. The van der Waals surface area contributed by atoms with Crippen molar-refractivity contribution >= 4 is 53.8 Å². The summed E-state index contributed by atoms with van der Waals surface area (Å²) >= 11 is 1.50. The zero-order valence-corrected chi connectivity index (χ0v) is 30.6. The van der Waals surface area contributed by atoms with Gasteiger partial charge in [-0.1, -0.05) is 36.8 Å². The van der Waals surface area contributed by atoms with E-state index in [-0.39, 0.29) is 42.9 Å². The number of carbonyl (C=O) groups is 5. The smallest absolute Gasteiger partial charge is 0.305 e. The minimum Gasteiger partial charge on any atom is -0.508 e. The first-order valence-corrected chi connectivity index (χ1v) is 17.5. The van der Waals surface area contributed by atoms with Crippen LogP contribution in [0.2, 0.25) is 1.41 Å². The fourth-order valence-corrected chi connectivity index (χ4v) is 5.58. The van der Waals surface area contributed by atoms with E-state index in [4.69, 9.17) is 1.41 Å². The lowest BCUT2D eigenvalue weighted by Crippen LogP contribution is -2.54. The normalized spacial score (nSPS) is 12.7. The van der Waals surface area contributed by atoms with Gasteiger partial charge in [-0.2, -0.15) is 11.8 Å². The number of hydrogen-bond acceptors (Lipinski definition) is 9. The molecule has 0 heterocycles. The third-order valence-electron chi connectivity index (χ3n) is 8.14. The Hall–Kier alpha value is -3.81. The Morgan fingerprint density at radius 1 is 0.918 bits per heavy atom. The highest BCUT2D eigenvalue weighted by molar-refractivity contribution is 7.98. The lowest BCUT2D eigenvalue weighted by molar-refractivity contribution is -0.140. The highest BCUT2D eigenvalue weighted by Gasteiger charge is 2.26. The number of ether oxygens (including phenoxy) is 1. The van der Waals surface area contributed by atoms with Crippen LogP contribution < -0.4 is 27.0 Å². The summed E-state index contributed by atoms with van der Waals surface area (Å²) in [6.45, 7) is 5.41. The Balaban J connectivity index is 0.0000125. The number of hydrogen-bond donors (Lipinski definition) is 6. The van der Waals surface area contributed by atoms with Crippen molar-refractivity contribution in [1.82, 2.24) is 21.3 Å². The second-order valence-corrected chi connectivity index (χ2v) is 12.7. The molecular weight excluding hydrogens is 670 g/mol. The molecule has 0 aliphatic heterocycles. The number of methoxy groups -OCH3 is 1. The molecule has 0 unspecified atom stereocenters. The number of aryl methyl sites for hydroxylation is 1. The Kier molecular flexibility index (Phi) is 19.2. The highest BCUT2D eigenvalue weighted by atomic mass is 35.5. The van der Waals surface area contributed by atoms with Crippen LogP contribution in [0.15, 0.2) is 36.4 Å². The number of benzene rings is 2. The maximum absolute atomic E-state index is 13.3. The van der Waals surface area contributed by atoms with Crippen molar-refractivity contribution in [2.75, 3.05) is 32.2 Å². The summed E-state index contributed by atoms with van der Waals surface area (Å²) in [5, 5.41) is 21.0. The van der Waals surface area contributed by atoms with Crippen LogP contribution in [0.5, 0.6) is 5.75 Å². The molecular formula is C35H52ClN5O7S. The number of thioether (sulfide) groups is 1. The first-order valence-electron chi connectivity index (χ1n) is 16.6. The first kappa shape index (κ1) is 41.4. The van der Waals surface area contributed by atoms with E-state index in [1.54, 1.807) is 13.0 Å². The summed E-state index contributed by atoms with van der Waals surface area (Å²) in [5.41, 5.74) is 6.25. The van der Waals surface area contributed by atoms with Crippen LogP contribution in [0.1, 0.15) is 59.9 Å². The van der Waals surface area contributed by atoms with Gasteiger partial charge in [0.2, 0.25) is 23.6 Å². The van der Waals surface area contributed by atoms with Crippen LogP contribution in [-0.2, 0) is 41.6 Å². The van der Waals surface area contributed by atoms with Crippen LogP contribution >= 0.6 is 24.2 Å². The fraction of sp³-hybridized carbons (Fsp3) is 0.514. The van der Waals surface area contributed by atoms with Gasteiger partial charge in [-0.15, -0.1) is 12.4 Å². The molecule has 0 radical (unpaired) electrons. The predicted octanol–water partition coefficient (Wildman–Crippen LogP) is 2.54. The van der Waals surface area contributed by atoms with Crippen molar-refractivity contribution in [2.24, 2.45) is 5.73 Å². The molecule has 12 nitrogen and oxygen atoms in total. The van der Waals surface area contributed by atoms with Gasteiger partial charge in [0.1, 0.15) is 19.2 Å². The van der Waals surface area contributed by atoms with Gasteiger partial charge in [0, 0.05) is 19.4 Å². The van der Waals surface area contributed by atoms with Crippen LogP contribution in [0, 0.1) is 20.8 Å². The number of halogens is 1. The number of phenolic OH excluding ortho intramolecular Hbond substituents is 1. The SMILES string of the molecule is Cl.[2H]N[C@@H](Cc1c(C)cc(O)c(C)c1C)C(=O)N[C@@H](CCSC)C(=O)NCC(=O)N[C@@H](Cc1ccccc1)C(=O)NCCCCCC(=O)OC. The molecule has 3 atom stereocenters. The molecule has 0 saturated heterocycles. The summed E-state index contributed by atoms with van der Waals surface area (Å²) in [6.07, 6.45) is 4.90. The molecule has 0 fully saturated rings. The Bertz CT molecular complexity index is 1420. The van der Waals surface area contributed by atoms with Crippen molar-refractivity contribution in [3.63, 3.8) is 0 Å². The lowest BCUT2D eigenvalue weighted by Gasteiger charge is -2.22. The third kappa shape index (κ3) is 15.1. The summed E-state index contributed by atoms with van der Waals surface area (Å²) in [7, 11) is 1.34. The van der Waals surface area contributed by atoms with E-state index in [1.807, 2.05) is 50.4 Å². The first-order chi connectivity index (χ1) is 23.4. The second-order valence-electron chi connectivity index (χ2n) is 11.7. The topological polar surface area (TPSA) is 189 Å². The lowest BCUT2D eigenvalue weighted by atomic mass is 9.92. The number of esters is 1. The minimum atomic E-state index is -0.973. The zero-order valence-electron chi connectivity index (χ0n) is 30.0. The average Bonchev–Trinajstić information content (AvgIpc) is 3.09. The number of nitrogens with two attached hydrogens (primary N) is 1. The van der Waals surface area contributed by atoms with Gasteiger partial charge in [0.25, 0.3) is 0 Å². The molecule has 2 rings (SSSR count). The van der Waals surface area contributed by atoms with Gasteiger partial charge in [0.05, 0.1) is 19.7 Å². The van der Waals surface area contributed by atoms with E-state index in [2.05, 4.69) is 31.7 Å². The van der Waals surface area contributed by atoms with Crippen LogP contribution in [0.4, 0.5) is 0 Å². The van der Waals surface area contributed by atoms with Crippen LogP contribution in [-0.4, -0.2) is 85.0 Å². The fourth-order valence-electron chi connectivity index (χ4n) is 5.11.